The number of nitrogens with one attached hydrogen (secondary N) is 1. The molecule has 1 saturated carbocycles. The van der Waals surface area contributed by atoms with Crippen LogP contribution in [0.25, 0.3) is 11.1 Å². The predicted octanol–water partition coefficient (Wildman–Crippen LogP) is 3.47. The highest BCUT2D eigenvalue weighted by atomic mass is 19.1. The summed E-state index contributed by atoms with van der Waals surface area (Å²) in [5.74, 6) is -0.234. The molecular weight excluding hydrogens is 345 g/mol. The number of aliphatic hydroxyl groups excluding tert-OH is 1. The van der Waals surface area contributed by atoms with Crippen LogP contribution in [-0.2, 0) is 4.79 Å². The maximum Gasteiger partial charge on any atom is 0.228 e. The maximum atomic E-state index is 14.7. The van der Waals surface area contributed by atoms with Gasteiger partial charge in [-0.3, -0.25) is 9.89 Å². The summed E-state index contributed by atoms with van der Waals surface area (Å²) in [7, 11) is 0. The zero-order valence-corrected chi connectivity index (χ0v) is 15.4. The molecule has 4 rings (SSSR count). The number of rotatable bonds is 3. The van der Waals surface area contributed by atoms with Crippen LogP contribution in [0.2, 0.25) is 0 Å². The summed E-state index contributed by atoms with van der Waals surface area (Å²) in [5.41, 5.74) is 2.41. The third kappa shape index (κ3) is 3.76. The van der Waals surface area contributed by atoms with Crippen LogP contribution >= 0.6 is 0 Å². The van der Waals surface area contributed by atoms with Gasteiger partial charge in [-0.1, -0.05) is 25.0 Å². The van der Waals surface area contributed by atoms with Crippen molar-refractivity contribution in [1.82, 2.24) is 15.1 Å². The average molecular weight is 371 g/mol. The van der Waals surface area contributed by atoms with E-state index in [2.05, 4.69) is 10.2 Å². The first-order chi connectivity index (χ1) is 13.1. The molecule has 144 valence electrons. The Morgan fingerprint density at radius 1 is 1.15 bits per heavy atom. The number of carbonyl (C=O) groups is 1. The number of aromatic amines is 1. The predicted molar refractivity (Wildman–Crippen MR) is 101 cm³/mol. The van der Waals surface area contributed by atoms with Gasteiger partial charge in [0, 0.05) is 24.8 Å². The number of benzene rings is 1. The smallest absolute Gasteiger partial charge is 0.228 e. The molecule has 2 N–H and O–H groups in total. The number of aromatic nitrogens is 2. The third-order valence-electron chi connectivity index (χ3n) is 6.13. The Balaban J connectivity index is 1.40. The topological polar surface area (TPSA) is 69.2 Å². The van der Waals surface area contributed by atoms with E-state index in [-0.39, 0.29) is 23.6 Å². The maximum absolute atomic E-state index is 14.7. The summed E-state index contributed by atoms with van der Waals surface area (Å²) in [4.78, 5) is 14.6. The van der Waals surface area contributed by atoms with Crippen LogP contribution in [0.5, 0.6) is 0 Å². The SMILES string of the molecule is O=C(C1CCCCC1O)N1CCC(c2ccc(-c3cn[nH]c3)cc2F)CC1. The Morgan fingerprint density at radius 2 is 1.93 bits per heavy atom. The van der Waals surface area contributed by atoms with Crippen molar-refractivity contribution in [3.8, 4) is 11.1 Å². The van der Waals surface area contributed by atoms with Gasteiger partial charge in [-0.05, 0) is 48.8 Å². The van der Waals surface area contributed by atoms with Crippen LogP contribution in [0.4, 0.5) is 4.39 Å². The van der Waals surface area contributed by atoms with Crippen molar-refractivity contribution in [2.24, 2.45) is 5.92 Å². The van der Waals surface area contributed by atoms with Gasteiger partial charge in [0.2, 0.25) is 5.91 Å². The molecule has 0 bridgehead atoms. The Bertz CT molecular complexity index is 785. The molecule has 1 aromatic carbocycles. The molecule has 1 aliphatic heterocycles. The quantitative estimate of drug-likeness (QED) is 0.868. The summed E-state index contributed by atoms with van der Waals surface area (Å²) in [6, 6.07) is 5.36. The molecule has 5 nitrogen and oxygen atoms in total. The minimum Gasteiger partial charge on any atom is -0.392 e. The fourth-order valence-electron chi connectivity index (χ4n) is 4.49. The van der Waals surface area contributed by atoms with Gasteiger partial charge in [0.25, 0.3) is 0 Å². The number of carbonyl (C=O) groups excluding carboxylic acids is 1. The van der Waals surface area contributed by atoms with Crippen molar-refractivity contribution in [1.29, 1.82) is 0 Å². The van der Waals surface area contributed by atoms with Crippen molar-refractivity contribution in [3.63, 3.8) is 0 Å². The molecule has 6 heteroatoms. The van der Waals surface area contributed by atoms with Crippen LogP contribution in [0.3, 0.4) is 0 Å². The minimum absolute atomic E-state index is 0.0800. The average Bonchev–Trinajstić information content (AvgIpc) is 3.23. The summed E-state index contributed by atoms with van der Waals surface area (Å²) >= 11 is 0. The molecule has 1 saturated heterocycles. The number of H-pyrrole nitrogens is 1. The molecule has 0 spiro atoms. The molecule has 2 atom stereocenters. The highest BCUT2D eigenvalue weighted by molar-refractivity contribution is 5.79. The van der Waals surface area contributed by atoms with Gasteiger partial charge in [-0.2, -0.15) is 5.10 Å². The molecule has 0 radical (unpaired) electrons. The lowest BCUT2D eigenvalue weighted by Gasteiger charge is -2.37. The fraction of sp³-hybridized carbons (Fsp3) is 0.524. The largest absolute Gasteiger partial charge is 0.392 e. The summed E-state index contributed by atoms with van der Waals surface area (Å²) < 4.78 is 14.7. The van der Waals surface area contributed by atoms with Crippen molar-refractivity contribution in [3.05, 3.63) is 42.0 Å². The number of halogens is 1. The lowest BCUT2D eigenvalue weighted by atomic mass is 9.84. The zero-order chi connectivity index (χ0) is 18.8. The van der Waals surface area contributed by atoms with E-state index in [0.717, 1.165) is 55.2 Å². The molecule has 1 aliphatic carbocycles. The highest BCUT2D eigenvalue weighted by Crippen LogP contribution is 2.34. The number of piperidine rings is 1. The first kappa shape index (κ1) is 18.2. The molecule has 2 heterocycles. The Kier molecular flexibility index (Phi) is 5.25. The second-order valence-corrected chi connectivity index (χ2v) is 7.78. The zero-order valence-electron chi connectivity index (χ0n) is 15.4. The van der Waals surface area contributed by atoms with Crippen LogP contribution in [0.15, 0.2) is 30.6 Å². The van der Waals surface area contributed by atoms with E-state index < -0.39 is 6.10 Å². The van der Waals surface area contributed by atoms with Crippen LogP contribution < -0.4 is 0 Å². The summed E-state index contributed by atoms with van der Waals surface area (Å²) in [6.07, 6.45) is 7.96. The lowest BCUT2D eigenvalue weighted by molar-refractivity contribution is -0.142. The van der Waals surface area contributed by atoms with E-state index in [9.17, 15) is 14.3 Å². The second kappa shape index (κ2) is 7.80. The van der Waals surface area contributed by atoms with Gasteiger partial charge in [-0.15, -0.1) is 0 Å². The van der Waals surface area contributed by atoms with Gasteiger partial charge in [0.15, 0.2) is 0 Å². The number of amides is 1. The Labute approximate surface area is 158 Å². The van der Waals surface area contributed by atoms with Gasteiger partial charge in [0.05, 0.1) is 18.2 Å². The van der Waals surface area contributed by atoms with E-state index >= 15 is 0 Å². The molecule has 2 aromatic rings. The van der Waals surface area contributed by atoms with E-state index in [1.54, 1.807) is 18.5 Å². The van der Waals surface area contributed by atoms with Crippen LogP contribution in [-0.4, -0.2) is 45.3 Å². The number of nitrogens with zero attached hydrogens (tertiary/aromatic N) is 2. The fourth-order valence-corrected chi connectivity index (χ4v) is 4.49. The highest BCUT2D eigenvalue weighted by Gasteiger charge is 2.34. The van der Waals surface area contributed by atoms with Crippen molar-refractivity contribution in [2.45, 2.75) is 50.5 Å². The molecular formula is C21H26FN3O2. The lowest BCUT2D eigenvalue weighted by Crippen LogP contribution is -2.45. The molecule has 2 fully saturated rings. The number of hydrogen-bond donors (Lipinski definition) is 2. The summed E-state index contributed by atoms with van der Waals surface area (Å²) in [6.45, 7) is 1.27. The number of hydrogen-bond acceptors (Lipinski definition) is 3. The van der Waals surface area contributed by atoms with E-state index in [1.165, 1.54) is 0 Å². The van der Waals surface area contributed by atoms with E-state index in [4.69, 9.17) is 0 Å². The van der Waals surface area contributed by atoms with Gasteiger partial charge >= 0.3 is 0 Å². The van der Waals surface area contributed by atoms with Crippen LogP contribution in [0, 0.1) is 11.7 Å². The first-order valence-electron chi connectivity index (χ1n) is 9.89. The standard InChI is InChI=1S/C21H26FN3O2/c22-19-11-15(16-12-23-24-13-16)5-6-17(19)14-7-9-25(10-8-14)21(27)18-3-1-2-4-20(18)26/h5-6,11-14,18,20,26H,1-4,7-10H2,(H,23,24). The molecule has 27 heavy (non-hydrogen) atoms. The molecule has 1 amide bonds. The summed E-state index contributed by atoms with van der Waals surface area (Å²) in [5, 5.41) is 16.8. The van der Waals surface area contributed by atoms with Gasteiger partial charge in [-0.25, -0.2) is 4.39 Å². The monoisotopic (exact) mass is 371 g/mol. The molecule has 1 aromatic heterocycles. The van der Waals surface area contributed by atoms with Crippen molar-refractivity contribution in [2.75, 3.05) is 13.1 Å². The van der Waals surface area contributed by atoms with E-state index in [1.807, 2.05) is 17.0 Å². The van der Waals surface area contributed by atoms with E-state index in [0.29, 0.717) is 13.1 Å². The first-order valence-corrected chi connectivity index (χ1v) is 9.89. The van der Waals surface area contributed by atoms with Gasteiger partial charge in [0.1, 0.15) is 5.82 Å². The third-order valence-corrected chi connectivity index (χ3v) is 6.13. The van der Waals surface area contributed by atoms with Crippen LogP contribution in [0.1, 0.15) is 50.0 Å². The normalized spacial score (nSPS) is 24.1. The number of likely N-dealkylation sites (tertiary alicyclic amines) is 1. The Morgan fingerprint density at radius 3 is 2.59 bits per heavy atom. The molecule has 2 unspecified atom stereocenters. The Hall–Kier alpha value is -2.21. The number of aliphatic hydroxyl groups is 1. The van der Waals surface area contributed by atoms with Gasteiger partial charge < -0.3 is 10.0 Å². The van der Waals surface area contributed by atoms with Crippen molar-refractivity contribution < 1.29 is 14.3 Å². The molecule has 2 aliphatic rings. The second-order valence-electron chi connectivity index (χ2n) is 7.78. The minimum atomic E-state index is -0.503. The van der Waals surface area contributed by atoms with Crippen molar-refractivity contribution >= 4 is 5.91 Å².